The van der Waals surface area contributed by atoms with E-state index in [0.717, 1.165) is 47.7 Å². The highest BCUT2D eigenvalue weighted by molar-refractivity contribution is 7.17. The number of fused-ring (bicyclic) bond motifs is 2. The number of hydrogen-bond acceptors (Lipinski definition) is 4. The van der Waals surface area contributed by atoms with Crippen LogP contribution in [0.5, 0.6) is 0 Å². The van der Waals surface area contributed by atoms with Crippen LogP contribution in [0.2, 0.25) is 10.0 Å². The number of nitrogens with zero attached hydrogens (tertiary/aromatic N) is 3. The predicted molar refractivity (Wildman–Crippen MR) is 99.3 cm³/mol. The smallest absolute Gasteiger partial charge is 0.271 e. The van der Waals surface area contributed by atoms with Gasteiger partial charge in [0.25, 0.3) is 5.56 Å². The van der Waals surface area contributed by atoms with Crippen molar-refractivity contribution in [3.63, 3.8) is 0 Å². The fourth-order valence-corrected chi connectivity index (χ4v) is 4.32. The van der Waals surface area contributed by atoms with E-state index in [1.54, 1.807) is 6.07 Å². The second-order valence-corrected chi connectivity index (χ2v) is 7.64. The summed E-state index contributed by atoms with van der Waals surface area (Å²) < 4.78 is 2.57. The first-order valence-corrected chi connectivity index (χ1v) is 9.38. The van der Waals surface area contributed by atoms with Gasteiger partial charge in [-0.05, 0) is 29.1 Å². The summed E-state index contributed by atoms with van der Waals surface area (Å²) in [5.41, 5.74) is 1.94. The summed E-state index contributed by atoms with van der Waals surface area (Å²) in [6.45, 7) is 3.04. The number of aromatic nitrogens is 2. The van der Waals surface area contributed by atoms with Crippen molar-refractivity contribution in [2.24, 2.45) is 0 Å². The largest absolute Gasteiger partial charge is 0.297 e. The van der Waals surface area contributed by atoms with E-state index in [-0.39, 0.29) is 5.56 Å². The van der Waals surface area contributed by atoms with Crippen molar-refractivity contribution in [1.29, 1.82) is 0 Å². The van der Waals surface area contributed by atoms with Crippen molar-refractivity contribution >= 4 is 44.8 Å². The maximum atomic E-state index is 12.6. The van der Waals surface area contributed by atoms with Gasteiger partial charge in [-0.2, -0.15) is 0 Å². The first-order valence-electron chi connectivity index (χ1n) is 7.75. The molecule has 3 heterocycles. The van der Waals surface area contributed by atoms with Crippen molar-refractivity contribution in [3.8, 4) is 0 Å². The summed E-state index contributed by atoms with van der Waals surface area (Å²) in [5, 5.41) is 3.25. The van der Waals surface area contributed by atoms with E-state index in [0.29, 0.717) is 16.6 Å². The van der Waals surface area contributed by atoms with E-state index in [1.165, 1.54) is 11.3 Å². The van der Waals surface area contributed by atoms with E-state index in [1.807, 2.05) is 28.1 Å². The van der Waals surface area contributed by atoms with Gasteiger partial charge in [-0.15, -0.1) is 11.3 Å². The van der Waals surface area contributed by atoms with Gasteiger partial charge in [0.2, 0.25) is 0 Å². The predicted octanol–water partition coefficient (Wildman–Crippen LogP) is 3.82. The van der Waals surface area contributed by atoms with Crippen molar-refractivity contribution < 1.29 is 0 Å². The zero-order valence-corrected chi connectivity index (χ0v) is 15.2. The third-order valence-corrected chi connectivity index (χ3v) is 5.82. The Morgan fingerprint density at radius 3 is 2.88 bits per heavy atom. The van der Waals surface area contributed by atoms with Crippen LogP contribution in [0, 0.1) is 0 Å². The third-order valence-electron chi connectivity index (χ3n) is 4.35. The minimum atomic E-state index is 0.0800. The van der Waals surface area contributed by atoms with Gasteiger partial charge in [-0.1, -0.05) is 29.3 Å². The molecule has 1 aliphatic heterocycles. The third kappa shape index (κ3) is 2.97. The van der Waals surface area contributed by atoms with Gasteiger partial charge < -0.3 is 0 Å². The zero-order chi connectivity index (χ0) is 16.7. The molecule has 4 rings (SSSR count). The Morgan fingerprint density at radius 1 is 1.17 bits per heavy atom. The quantitative estimate of drug-likeness (QED) is 0.678. The molecule has 3 aromatic rings. The van der Waals surface area contributed by atoms with Gasteiger partial charge in [0, 0.05) is 42.6 Å². The van der Waals surface area contributed by atoms with Crippen LogP contribution in [0.3, 0.4) is 0 Å². The first-order chi connectivity index (χ1) is 11.6. The molecule has 0 radical (unpaired) electrons. The molecule has 0 N–H and O–H groups in total. The Hall–Kier alpha value is -1.40. The number of rotatable bonds is 2. The summed E-state index contributed by atoms with van der Waals surface area (Å²) in [7, 11) is 0. The Labute approximate surface area is 153 Å². The number of halogens is 2. The number of hydrogen-bond donors (Lipinski definition) is 0. The summed E-state index contributed by atoms with van der Waals surface area (Å²) in [5.74, 6) is 0.871. The lowest BCUT2D eigenvalue weighted by atomic mass is 10.2. The molecule has 124 valence electrons. The lowest BCUT2D eigenvalue weighted by Crippen LogP contribution is -2.28. The minimum Gasteiger partial charge on any atom is -0.297 e. The Bertz CT molecular complexity index is 966. The topological polar surface area (TPSA) is 38.1 Å². The van der Waals surface area contributed by atoms with E-state index in [4.69, 9.17) is 23.2 Å². The lowest BCUT2D eigenvalue weighted by molar-refractivity contribution is 0.271. The Balaban J connectivity index is 1.58. The van der Waals surface area contributed by atoms with Crippen LogP contribution in [-0.4, -0.2) is 27.5 Å². The SMILES string of the molecule is O=c1c2sccc2nc2n1CCN(Cc1ccc(Cl)cc1Cl)CC2. The van der Waals surface area contributed by atoms with E-state index < -0.39 is 0 Å². The lowest BCUT2D eigenvalue weighted by Gasteiger charge is -2.20. The van der Waals surface area contributed by atoms with Gasteiger partial charge in [0.15, 0.2) is 0 Å². The molecule has 0 unspecified atom stereocenters. The molecule has 0 spiro atoms. The Kier molecular flexibility index (Phi) is 4.35. The van der Waals surface area contributed by atoms with E-state index in [2.05, 4.69) is 9.88 Å². The molecule has 0 atom stereocenters. The van der Waals surface area contributed by atoms with Gasteiger partial charge >= 0.3 is 0 Å². The summed E-state index contributed by atoms with van der Waals surface area (Å²) in [6.07, 6.45) is 0.756. The Morgan fingerprint density at radius 2 is 2.04 bits per heavy atom. The van der Waals surface area contributed by atoms with Crippen LogP contribution < -0.4 is 5.56 Å². The molecule has 0 saturated heterocycles. The molecule has 24 heavy (non-hydrogen) atoms. The summed E-state index contributed by atoms with van der Waals surface area (Å²) in [6, 6.07) is 7.50. The molecular formula is C17H15Cl2N3OS. The van der Waals surface area contributed by atoms with Gasteiger partial charge in [-0.25, -0.2) is 4.98 Å². The molecule has 0 saturated carbocycles. The van der Waals surface area contributed by atoms with Crippen molar-refractivity contribution in [2.45, 2.75) is 19.5 Å². The highest BCUT2D eigenvalue weighted by Gasteiger charge is 2.18. The van der Waals surface area contributed by atoms with Crippen LogP contribution >= 0.6 is 34.5 Å². The van der Waals surface area contributed by atoms with Crippen LogP contribution in [0.25, 0.3) is 10.2 Å². The highest BCUT2D eigenvalue weighted by Crippen LogP contribution is 2.23. The molecule has 7 heteroatoms. The number of thiophene rings is 1. The first kappa shape index (κ1) is 16.1. The molecule has 2 aromatic heterocycles. The van der Waals surface area contributed by atoms with Crippen LogP contribution in [0.1, 0.15) is 11.4 Å². The highest BCUT2D eigenvalue weighted by atomic mass is 35.5. The van der Waals surface area contributed by atoms with Crippen LogP contribution in [0.4, 0.5) is 0 Å². The van der Waals surface area contributed by atoms with Crippen LogP contribution in [0.15, 0.2) is 34.4 Å². The fourth-order valence-electron chi connectivity index (χ4n) is 3.07. The molecule has 1 aliphatic rings. The molecule has 0 bridgehead atoms. The average Bonchev–Trinajstić information content (AvgIpc) is 2.93. The molecular weight excluding hydrogens is 365 g/mol. The molecule has 0 amide bonds. The maximum Gasteiger partial charge on any atom is 0.271 e. The van der Waals surface area contributed by atoms with Crippen LogP contribution in [-0.2, 0) is 19.5 Å². The summed E-state index contributed by atoms with van der Waals surface area (Å²) in [4.78, 5) is 19.6. The molecule has 1 aromatic carbocycles. The minimum absolute atomic E-state index is 0.0800. The van der Waals surface area contributed by atoms with Crippen molar-refractivity contribution in [2.75, 3.05) is 13.1 Å². The molecule has 0 aliphatic carbocycles. The normalized spacial score (nSPS) is 15.4. The summed E-state index contributed by atoms with van der Waals surface area (Å²) >= 11 is 13.7. The number of benzene rings is 1. The van der Waals surface area contributed by atoms with E-state index in [9.17, 15) is 4.79 Å². The monoisotopic (exact) mass is 379 g/mol. The van der Waals surface area contributed by atoms with E-state index >= 15 is 0 Å². The van der Waals surface area contributed by atoms with Gasteiger partial charge in [-0.3, -0.25) is 14.3 Å². The fraction of sp³-hybridized carbons (Fsp3) is 0.294. The average molecular weight is 380 g/mol. The second-order valence-electron chi connectivity index (χ2n) is 5.88. The molecule has 4 nitrogen and oxygen atoms in total. The zero-order valence-electron chi connectivity index (χ0n) is 12.8. The van der Waals surface area contributed by atoms with Gasteiger partial charge in [0.1, 0.15) is 10.5 Å². The second kappa shape index (κ2) is 6.48. The molecule has 0 fully saturated rings. The van der Waals surface area contributed by atoms with Crippen molar-refractivity contribution in [3.05, 3.63) is 61.4 Å². The standard InChI is InChI=1S/C17H15Cl2N3OS/c18-12-2-1-11(13(19)9-12)10-21-5-3-15-20-14-4-8-24-16(14)17(23)22(15)7-6-21/h1-2,4,8-9H,3,5-7,10H2. The maximum absolute atomic E-state index is 12.6. The van der Waals surface area contributed by atoms with Crippen molar-refractivity contribution in [1.82, 2.24) is 14.5 Å². The van der Waals surface area contributed by atoms with Gasteiger partial charge in [0.05, 0.1) is 5.52 Å².